The van der Waals surface area contributed by atoms with Crippen molar-refractivity contribution >= 4 is 50.7 Å². The fraction of sp³-hybridized carbons (Fsp3) is 0.238. The summed E-state index contributed by atoms with van der Waals surface area (Å²) >= 11 is 3.25. The van der Waals surface area contributed by atoms with Crippen LogP contribution < -0.4 is 43.1 Å². The fourth-order valence-corrected chi connectivity index (χ4v) is 13.4. The first-order valence-electron chi connectivity index (χ1n) is 19.0. The molecule has 0 radical (unpaired) electrons. The van der Waals surface area contributed by atoms with Gasteiger partial charge in [0, 0.05) is 21.9 Å². The molecule has 2 nitrogen and oxygen atoms in total. The van der Waals surface area contributed by atoms with E-state index in [1.807, 2.05) is 12.1 Å². The molecule has 0 atom stereocenters. The van der Waals surface area contributed by atoms with Gasteiger partial charge in [0.2, 0.25) is 5.77 Å². The van der Waals surface area contributed by atoms with Crippen LogP contribution in [0.3, 0.4) is 0 Å². The first-order chi connectivity index (χ1) is 32.6. The van der Waals surface area contributed by atoms with Gasteiger partial charge in [-0.2, -0.15) is 127 Å². The first kappa shape index (κ1) is 58.2. The van der Waals surface area contributed by atoms with Crippen molar-refractivity contribution in [1.82, 2.24) is 0 Å². The van der Waals surface area contributed by atoms with Crippen molar-refractivity contribution < 1.29 is 137 Å². The molecular weight excluding hydrogens is 1190 g/mol. The summed E-state index contributed by atoms with van der Waals surface area (Å²) in [5.74, 6) is 0. The van der Waals surface area contributed by atoms with Crippen LogP contribution in [0.4, 0.5) is 105 Å². The van der Waals surface area contributed by atoms with Gasteiger partial charge < -0.3 is 10.2 Å². The number of benzene rings is 4. The largest absolute Gasteiger partial charge is 0.416 e. The number of hydrogen-bond acceptors (Lipinski definition) is 4. The standard InChI is InChI=1S/C32H12BF24.C10H10IO2S2/c34-25(35,36)13-1-14(26(37,38)39)6-21(5-13)33(22-7-15(27(40,41)42)2-16(8-22)28(43,44)45,23-9-17(29(46,47)48)3-18(10-23)30(49,50)51)24-11-19(31(52,53)54)4-20(12-24)32(55,56)57;12-5-7-1-3-9(14-7)11-10-4-2-8(6-13)15-10/h1-12H;1-4,12-13H,5-6H2/q-1;+1. The molecule has 2 aromatic heterocycles. The summed E-state index contributed by atoms with van der Waals surface area (Å²) in [6.45, 7) is 0.279. The van der Waals surface area contributed by atoms with Crippen molar-refractivity contribution in [3.05, 3.63) is 157 Å². The number of rotatable bonds is 8. The van der Waals surface area contributed by atoms with Crippen LogP contribution in [0.2, 0.25) is 0 Å². The predicted octanol–water partition coefficient (Wildman–Crippen LogP) is 10.1. The van der Waals surface area contributed by atoms with Gasteiger partial charge in [-0.15, -0.1) is 0 Å². The van der Waals surface area contributed by atoms with Crippen molar-refractivity contribution in [2.75, 3.05) is 0 Å². The maximum Gasteiger partial charge on any atom is 0.416 e. The van der Waals surface area contributed by atoms with Crippen LogP contribution in [0.1, 0.15) is 54.3 Å². The lowest BCUT2D eigenvalue weighted by Crippen LogP contribution is -3.61. The van der Waals surface area contributed by atoms with Crippen molar-refractivity contribution in [1.29, 1.82) is 0 Å². The predicted molar refractivity (Wildman–Crippen MR) is 208 cm³/mol. The summed E-state index contributed by atoms with van der Waals surface area (Å²) in [6.07, 6.45) is -54.8. The van der Waals surface area contributed by atoms with Crippen LogP contribution in [0.5, 0.6) is 0 Å². The molecule has 2 heterocycles. The number of hydrogen-bond donors (Lipinski definition) is 2. The van der Waals surface area contributed by atoms with Crippen LogP contribution >= 0.6 is 22.7 Å². The number of aliphatic hydroxyl groups excluding tert-OH is 2. The smallest absolute Gasteiger partial charge is 0.391 e. The Hall–Kier alpha value is -4.69. The summed E-state index contributed by atoms with van der Waals surface area (Å²) in [6, 6.07) is -0.639. The Morgan fingerprint density at radius 1 is 0.306 bits per heavy atom. The molecule has 0 spiro atoms. The zero-order valence-electron chi connectivity index (χ0n) is 34.4. The normalized spacial score (nSPS) is 13.6. The third-order valence-corrected chi connectivity index (χ3v) is 16.1. The van der Waals surface area contributed by atoms with E-state index in [1.165, 1.54) is 5.77 Å². The number of halogens is 25. The molecule has 30 heteroatoms. The van der Waals surface area contributed by atoms with Gasteiger partial charge in [-0.05, 0) is 36.4 Å². The molecule has 6 aromatic rings. The molecular formula is C42H22BF24IO2S2. The quantitative estimate of drug-likeness (QED) is 0.0906. The second kappa shape index (κ2) is 20.2. The molecule has 6 rings (SSSR count). The molecule has 392 valence electrons. The molecule has 0 saturated heterocycles. The van der Waals surface area contributed by atoms with E-state index < -0.39 is 195 Å². The molecule has 0 aliphatic carbocycles. The van der Waals surface area contributed by atoms with Crippen molar-refractivity contribution in [3.63, 3.8) is 0 Å². The third-order valence-electron chi connectivity index (χ3n) is 10.2. The lowest BCUT2D eigenvalue weighted by molar-refractivity contribution is -0.585. The Bertz CT molecular complexity index is 2400. The van der Waals surface area contributed by atoms with Gasteiger partial charge in [0.15, 0.2) is 0 Å². The highest BCUT2D eigenvalue weighted by atomic mass is 127. The third kappa shape index (κ3) is 13.5. The molecule has 4 aromatic carbocycles. The van der Waals surface area contributed by atoms with E-state index in [0.717, 1.165) is 9.75 Å². The van der Waals surface area contributed by atoms with Crippen molar-refractivity contribution in [2.24, 2.45) is 0 Å². The van der Waals surface area contributed by atoms with E-state index in [2.05, 4.69) is 12.1 Å². The highest BCUT2D eigenvalue weighted by molar-refractivity contribution is 7.20. The average molecular weight is 1220 g/mol. The second-order valence-corrected chi connectivity index (χ2v) is 21.7. The highest BCUT2D eigenvalue weighted by Crippen LogP contribution is 2.41. The topological polar surface area (TPSA) is 40.5 Å². The van der Waals surface area contributed by atoms with E-state index in [4.69, 9.17) is 10.2 Å². The van der Waals surface area contributed by atoms with Gasteiger partial charge in [0.1, 0.15) is 6.15 Å². The average Bonchev–Trinajstić information content (AvgIpc) is 3.91. The zero-order valence-corrected chi connectivity index (χ0v) is 38.2. The lowest BCUT2D eigenvalue weighted by atomic mass is 9.12. The Morgan fingerprint density at radius 2 is 0.486 bits per heavy atom. The molecule has 0 aliphatic rings. The van der Waals surface area contributed by atoms with Crippen molar-refractivity contribution in [3.8, 4) is 0 Å². The summed E-state index contributed by atoms with van der Waals surface area (Å²) < 4.78 is 344. The van der Waals surface area contributed by atoms with Crippen LogP contribution in [-0.4, -0.2) is 16.4 Å². The minimum atomic E-state index is -6.13. The van der Waals surface area contributed by atoms with Gasteiger partial charge in [0.05, 0.1) is 57.7 Å². The van der Waals surface area contributed by atoms with E-state index in [-0.39, 0.29) is 34.4 Å². The van der Waals surface area contributed by atoms with E-state index in [1.54, 1.807) is 22.7 Å². The maximum absolute atomic E-state index is 14.2. The van der Waals surface area contributed by atoms with E-state index >= 15 is 0 Å². The molecule has 0 aliphatic heterocycles. The molecule has 0 saturated carbocycles. The summed E-state index contributed by atoms with van der Waals surface area (Å²) in [4.78, 5) is 2.06. The molecule has 0 unspecified atom stereocenters. The molecule has 2 N–H and O–H groups in total. The monoisotopic (exact) mass is 1220 g/mol. The van der Waals surface area contributed by atoms with Crippen LogP contribution in [-0.2, 0) is 62.6 Å². The number of alkyl halides is 24. The van der Waals surface area contributed by atoms with Crippen LogP contribution in [0, 0.1) is 5.77 Å². The van der Waals surface area contributed by atoms with E-state index in [0.29, 0.717) is 0 Å². The van der Waals surface area contributed by atoms with Gasteiger partial charge >= 0.3 is 70.6 Å². The highest BCUT2D eigenvalue weighted by Gasteiger charge is 2.47. The Kier molecular flexibility index (Phi) is 16.3. The Labute approximate surface area is 405 Å². The maximum atomic E-state index is 14.2. The van der Waals surface area contributed by atoms with Gasteiger partial charge in [-0.3, -0.25) is 0 Å². The molecule has 0 bridgehead atoms. The molecule has 0 amide bonds. The lowest BCUT2D eigenvalue weighted by Gasteiger charge is -2.46. The van der Waals surface area contributed by atoms with E-state index in [9.17, 15) is 105 Å². The van der Waals surface area contributed by atoms with Crippen LogP contribution in [0.25, 0.3) is 0 Å². The Morgan fingerprint density at radius 3 is 0.625 bits per heavy atom. The van der Waals surface area contributed by atoms with Gasteiger partial charge in [-0.25, -0.2) is 0 Å². The SMILES string of the molecule is FC(F)(F)c1cc([B-](c2cc(C(F)(F)F)cc(C(F)(F)F)c2)(c2cc(C(F)(F)F)cc(C(F)(F)F)c2)c2cc(C(F)(F)F)cc(C(F)(F)F)c2)cc(C(F)(F)F)c1.OCc1ccc([I+]c2ccc(CO)s2)s1. The zero-order chi connectivity index (χ0) is 54.6. The first-order valence-corrected chi connectivity index (χ1v) is 22.8. The van der Waals surface area contributed by atoms with Gasteiger partial charge in [0.25, 0.3) is 0 Å². The second-order valence-electron chi connectivity index (χ2n) is 15.0. The Balaban J connectivity index is 0.000000542. The molecule has 72 heavy (non-hydrogen) atoms. The van der Waals surface area contributed by atoms with Crippen molar-refractivity contribution in [2.45, 2.75) is 62.6 Å². The number of thiophene rings is 2. The molecule has 0 fully saturated rings. The fourth-order valence-electron chi connectivity index (χ4n) is 7.14. The minimum absolute atomic E-state index is 0.127. The summed E-state index contributed by atoms with van der Waals surface area (Å²) in [5.41, 5.74) is -30.2. The minimum Gasteiger partial charge on any atom is -0.391 e. The summed E-state index contributed by atoms with van der Waals surface area (Å²) in [5, 5.41) is 17.9. The summed E-state index contributed by atoms with van der Waals surface area (Å²) in [7, 11) is 0. The van der Waals surface area contributed by atoms with Gasteiger partial charge in [-0.1, -0.05) is 71.2 Å². The number of aliphatic hydroxyl groups is 2. The van der Waals surface area contributed by atoms with Crippen LogP contribution in [0.15, 0.2) is 97.1 Å².